The molecular weight excluding hydrogens is 365 g/mol. The maximum atomic E-state index is 14.4. The fraction of sp³-hybridized carbons (Fsp3) is 0.333. The van der Waals surface area contributed by atoms with Crippen LogP contribution >= 0.6 is 11.6 Å². The molecule has 2 heterocycles. The number of hydrogen-bond acceptors (Lipinski definition) is 3. The number of benzene rings is 1. The number of pyridine rings is 1. The van der Waals surface area contributed by atoms with E-state index in [0.717, 1.165) is 5.56 Å². The largest absolute Gasteiger partial charge is 0.351 e. The summed E-state index contributed by atoms with van der Waals surface area (Å²) in [6, 6.07) is 8.52. The van der Waals surface area contributed by atoms with Crippen LogP contribution in [0.4, 0.5) is 15.9 Å². The molecule has 1 amide bonds. The molecule has 27 heavy (non-hydrogen) atoms. The Bertz CT molecular complexity index is 889. The molecule has 0 fully saturated rings. The van der Waals surface area contributed by atoms with Crippen molar-refractivity contribution in [2.75, 3.05) is 23.3 Å². The summed E-state index contributed by atoms with van der Waals surface area (Å²) in [5.41, 5.74) is 1.57. The van der Waals surface area contributed by atoms with E-state index >= 15 is 0 Å². The van der Waals surface area contributed by atoms with Gasteiger partial charge in [0.15, 0.2) is 0 Å². The lowest BCUT2D eigenvalue weighted by atomic mass is 9.87. The molecule has 0 atom stereocenters. The SMILES string of the molecule is CC(C)(C)c1ccc(NC(=O)C2=CCN(c3ncccc3Cl)CC2)c(F)c1. The second kappa shape index (κ2) is 7.69. The molecule has 1 aliphatic rings. The number of carbonyl (C=O) groups excluding carboxylic acids is 1. The van der Waals surface area contributed by atoms with E-state index < -0.39 is 5.82 Å². The third kappa shape index (κ3) is 4.48. The average molecular weight is 388 g/mol. The van der Waals surface area contributed by atoms with Crippen molar-refractivity contribution in [2.24, 2.45) is 0 Å². The monoisotopic (exact) mass is 387 g/mol. The van der Waals surface area contributed by atoms with Gasteiger partial charge in [0.05, 0.1) is 10.7 Å². The molecule has 0 radical (unpaired) electrons. The first kappa shape index (κ1) is 19.4. The van der Waals surface area contributed by atoms with Crippen molar-refractivity contribution in [3.63, 3.8) is 0 Å². The standard InChI is InChI=1S/C21H23ClFN3O/c1-21(2,3)15-6-7-18(17(23)13-15)25-20(27)14-8-11-26(12-9-14)19-16(22)5-4-10-24-19/h4-8,10,13H,9,11-12H2,1-3H3,(H,25,27). The van der Waals surface area contributed by atoms with Crippen molar-refractivity contribution in [3.05, 3.63) is 64.6 Å². The molecule has 0 unspecified atom stereocenters. The summed E-state index contributed by atoms with van der Waals surface area (Å²) in [6.07, 6.45) is 4.07. The fourth-order valence-corrected chi connectivity index (χ4v) is 3.20. The number of nitrogens with one attached hydrogen (secondary N) is 1. The van der Waals surface area contributed by atoms with Crippen LogP contribution < -0.4 is 10.2 Å². The highest BCUT2D eigenvalue weighted by atomic mass is 35.5. The van der Waals surface area contributed by atoms with E-state index in [1.165, 1.54) is 6.07 Å². The molecule has 1 aromatic heterocycles. The van der Waals surface area contributed by atoms with E-state index in [-0.39, 0.29) is 17.0 Å². The molecule has 4 nitrogen and oxygen atoms in total. The van der Waals surface area contributed by atoms with Crippen LogP contribution in [0.3, 0.4) is 0 Å². The molecule has 0 bridgehead atoms. The lowest BCUT2D eigenvalue weighted by Gasteiger charge is -2.27. The van der Waals surface area contributed by atoms with Gasteiger partial charge in [-0.1, -0.05) is 44.5 Å². The predicted octanol–water partition coefficient (Wildman–Crippen LogP) is 4.95. The summed E-state index contributed by atoms with van der Waals surface area (Å²) in [5.74, 6) is 0.0111. The van der Waals surface area contributed by atoms with Gasteiger partial charge in [0.25, 0.3) is 5.91 Å². The molecule has 1 N–H and O–H groups in total. The van der Waals surface area contributed by atoms with Gasteiger partial charge in [-0.3, -0.25) is 4.79 Å². The zero-order valence-electron chi connectivity index (χ0n) is 15.7. The summed E-state index contributed by atoms with van der Waals surface area (Å²) >= 11 is 6.18. The van der Waals surface area contributed by atoms with E-state index in [1.54, 1.807) is 24.4 Å². The maximum Gasteiger partial charge on any atom is 0.251 e. The predicted molar refractivity (Wildman–Crippen MR) is 108 cm³/mol. The van der Waals surface area contributed by atoms with E-state index in [9.17, 15) is 9.18 Å². The topological polar surface area (TPSA) is 45.2 Å². The highest BCUT2D eigenvalue weighted by Crippen LogP contribution is 2.28. The quantitative estimate of drug-likeness (QED) is 0.810. The van der Waals surface area contributed by atoms with Crippen LogP contribution in [-0.4, -0.2) is 24.0 Å². The molecule has 142 valence electrons. The summed E-state index contributed by atoms with van der Waals surface area (Å²) in [7, 11) is 0. The van der Waals surface area contributed by atoms with Crippen molar-refractivity contribution in [2.45, 2.75) is 32.6 Å². The molecule has 2 aromatic rings. The van der Waals surface area contributed by atoms with E-state index in [1.807, 2.05) is 37.8 Å². The molecule has 0 aliphatic carbocycles. The van der Waals surface area contributed by atoms with Crippen molar-refractivity contribution in [1.29, 1.82) is 0 Å². The number of aromatic nitrogens is 1. The van der Waals surface area contributed by atoms with Crippen LogP contribution in [0.15, 0.2) is 48.2 Å². The molecule has 6 heteroatoms. The number of carbonyl (C=O) groups is 1. The zero-order valence-corrected chi connectivity index (χ0v) is 16.5. The van der Waals surface area contributed by atoms with Crippen LogP contribution in [0, 0.1) is 5.82 Å². The minimum absolute atomic E-state index is 0.147. The van der Waals surface area contributed by atoms with Gasteiger partial charge in [0.1, 0.15) is 11.6 Å². The second-order valence-corrected chi connectivity index (χ2v) is 8.04. The van der Waals surface area contributed by atoms with Crippen molar-refractivity contribution < 1.29 is 9.18 Å². The molecule has 1 aliphatic heterocycles. The van der Waals surface area contributed by atoms with Gasteiger partial charge < -0.3 is 10.2 Å². The molecule has 0 spiro atoms. The number of rotatable bonds is 3. The van der Waals surface area contributed by atoms with Crippen LogP contribution in [0.5, 0.6) is 0 Å². The minimum Gasteiger partial charge on any atom is -0.351 e. The van der Waals surface area contributed by atoms with Crippen molar-refractivity contribution in [1.82, 2.24) is 4.98 Å². The Morgan fingerprint density at radius 3 is 2.67 bits per heavy atom. The summed E-state index contributed by atoms with van der Waals surface area (Å²) in [6.45, 7) is 7.22. The van der Waals surface area contributed by atoms with Crippen LogP contribution in [0.2, 0.25) is 5.02 Å². The Kier molecular flexibility index (Phi) is 5.51. The minimum atomic E-state index is -0.422. The number of hydrogen-bond donors (Lipinski definition) is 1. The number of amides is 1. The molecule has 1 aromatic carbocycles. The Morgan fingerprint density at radius 1 is 1.30 bits per heavy atom. The molecule has 0 saturated heterocycles. The van der Waals surface area contributed by atoms with E-state index in [4.69, 9.17) is 11.6 Å². The van der Waals surface area contributed by atoms with Gasteiger partial charge in [0, 0.05) is 24.9 Å². The maximum absolute atomic E-state index is 14.4. The van der Waals surface area contributed by atoms with Crippen LogP contribution in [0.1, 0.15) is 32.8 Å². The van der Waals surface area contributed by atoms with Crippen LogP contribution in [-0.2, 0) is 10.2 Å². The molecule has 3 rings (SSSR count). The average Bonchev–Trinajstić information content (AvgIpc) is 2.63. The first-order chi connectivity index (χ1) is 12.8. The van der Waals surface area contributed by atoms with E-state index in [2.05, 4.69) is 10.3 Å². The highest BCUT2D eigenvalue weighted by Gasteiger charge is 2.21. The Morgan fingerprint density at radius 2 is 2.07 bits per heavy atom. The Labute approximate surface area is 164 Å². The molecular formula is C21H23ClFN3O. The van der Waals surface area contributed by atoms with Gasteiger partial charge in [-0.25, -0.2) is 9.37 Å². The van der Waals surface area contributed by atoms with Gasteiger partial charge in [-0.2, -0.15) is 0 Å². The van der Waals surface area contributed by atoms with Crippen molar-refractivity contribution in [3.8, 4) is 0 Å². The second-order valence-electron chi connectivity index (χ2n) is 7.63. The lowest BCUT2D eigenvalue weighted by molar-refractivity contribution is -0.113. The van der Waals surface area contributed by atoms with Gasteiger partial charge in [-0.15, -0.1) is 0 Å². The third-order valence-electron chi connectivity index (χ3n) is 4.62. The van der Waals surface area contributed by atoms with Gasteiger partial charge in [-0.05, 0) is 41.7 Å². The Balaban J connectivity index is 1.68. The number of nitrogens with zero attached hydrogens (tertiary/aromatic N) is 2. The number of halogens is 2. The smallest absolute Gasteiger partial charge is 0.251 e. The first-order valence-electron chi connectivity index (χ1n) is 8.91. The van der Waals surface area contributed by atoms with Gasteiger partial charge in [0.2, 0.25) is 0 Å². The summed E-state index contributed by atoms with van der Waals surface area (Å²) in [4.78, 5) is 18.8. The summed E-state index contributed by atoms with van der Waals surface area (Å²) in [5, 5.41) is 3.27. The first-order valence-corrected chi connectivity index (χ1v) is 9.29. The van der Waals surface area contributed by atoms with E-state index in [0.29, 0.717) is 35.9 Å². The fourth-order valence-electron chi connectivity index (χ4n) is 2.96. The normalized spacial score (nSPS) is 14.7. The zero-order chi connectivity index (χ0) is 19.6. The highest BCUT2D eigenvalue weighted by molar-refractivity contribution is 6.32. The molecule has 0 saturated carbocycles. The summed E-state index contributed by atoms with van der Waals surface area (Å²) < 4.78 is 14.4. The van der Waals surface area contributed by atoms with Crippen LogP contribution in [0.25, 0.3) is 0 Å². The van der Waals surface area contributed by atoms with Gasteiger partial charge >= 0.3 is 0 Å². The third-order valence-corrected chi connectivity index (χ3v) is 4.92. The lowest BCUT2D eigenvalue weighted by Crippen LogP contribution is -2.32. The number of anilines is 2. The Hall–Kier alpha value is -2.40. The van der Waals surface area contributed by atoms with Crippen molar-refractivity contribution >= 4 is 29.0 Å².